The largest absolute Gasteiger partial charge is 0.305 e. The van der Waals surface area contributed by atoms with E-state index in [0.29, 0.717) is 11.5 Å². The minimum absolute atomic E-state index is 0.233. The van der Waals surface area contributed by atoms with Crippen LogP contribution in [0.25, 0.3) is 5.65 Å². The molecule has 19 heavy (non-hydrogen) atoms. The topological polar surface area (TPSA) is 42.2 Å². The molecular weight excluding hydrogens is 236 g/mol. The third kappa shape index (κ3) is 2.50. The lowest BCUT2D eigenvalue weighted by Gasteiger charge is -2.20. The van der Waals surface area contributed by atoms with Gasteiger partial charge in [0.05, 0.1) is 6.04 Å². The van der Waals surface area contributed by atoms with Crippen LogP contribution in [0.2, 0.25) is 0 Å². The highest BCUT2D eigenvalue weighted by atomic mass is 15.3. The maximum absolute atomic E-state index is 4.32. The van der Waals surface area contributed by atoms with Gasteiger partial charge in [-0.1, -0.05) is 19.9 Å². The van der Waals surface area contributed by atoms with Crippen molar-refractivity contribution in [2.75, 3.05) is 0 Å². The van der Waals surface area contributed by atoms with E-state index >= 15 is 0 Å². The van der Waals surface area contributed by atoms with Crippen molar-refractivity contribution < 1.29 is 0 Å². The van der Waals surface area contributed by atoms with Crippen LogP contribution in [-0.4, -0.2) is 20.6 Å². The molecule has 2 atom stereocenters. The molecule has 3 rings (SSSR count). The van der Waals surface area contributed by atoms with E-state index in [1.54, 1.807) is 0 Å². The summed E-state index contributed by atoms with van der Waals surface area (Å²) < 4.78 is 2.07. The molecule has 1 N–H and O–H groups in total. The molecule has 1 saturated carbocycles. The Morgan fingerprint density at radius 1 is 1.37 bits per heavy atom. The predicted molar refractivity (Wildman–Crippen MR) is 76.0 cm³/mol. The van der Waals surface area contributed by atoms with Crippen molar-refractivity contribution >= 4 is 5.65 Å². The lowest BCUT2D eigenvalue weighted by molar-refractivity contribution is 0.353. The van der Waals surface area contributed by atoms with E-state index in [2.05, 4.69) is 40.7 Å². The van der Waals surface area contributed by atoms with Crippen molar-refractivity contribution in [1.82, 2.24) is 19.9 Å². The van der Waals surface area contributed by atoms with Crippen LogP contribution >= 0.6 is 0 Å². The Morgan fingerprint density at radius 3 is 2.95 bits per heavy atom. The predicted octanol–water partition coefficient (Wildman–Crippen LogP) is 2.96. The fourth-order valence-electron chi connectivity index (χ4n) is 3.16. The molecule has 1 fully saturated rings. The maximum atomic E-state index is 4.32. The number of rotatable bonds is 3. The maximum Gasteiger partial charge on any atom is 0.160 e. The van der Waals surface area contributed by atoms with Crippen LogP contribution in [0.5, 0.6) is 0 Å². The summed E-state index contributed by atoms with van der Waals surface area (Å²) >= 11 is 0. The first-order valence-electron chi connectivity index (χ1n) is 7.11. The second-order valence-electron chi connectivity index (χ2n) is 6.48. The highest BCUT2D eigenvalue weighted by molar-refractivity contribution is 5.37. The molecule has 2 aromatic rings. The van der Waals surface area contributed by atoms with Gasteiger partial charge in [0.1, 0.15) is 0 Å². The quantitative estimate of drug-likeness (QED) is 0.920. The summed E-state index contributed by atoms with van der Waals surface area (Å²) in [6.07, 6.45) is 5.83. The second kappa shape index (κ2) is 4.60. The summed E-state index contributed by atoms with van der Waals surface area (Å²) in [5.74, 6) is 1.00. The number of fused-ring (bicyclic) bond motifs is 1. The summed E-state index contributed by atoms with van der Waals surface area (Å²) in [5.41, 5.74) is 1.39. The fraction of sp³-hybridized carbons (Fsp3) is 0.600. The van der Waals surface area contributed by atoms with Crippen molar-refractivity contribution in [3.8, 4) is 0 Å². The molecule has 0 aromatic carbocycles. The number of nitrogens with one attached hydrogen (secondary N) is 1. The molecule has 4 nitrogen and oxygen atoms in total. The lowest BCUT2D eigenvalue weighted by Crippen LogP contribution is -2.31. The molecule has 1 aliphatic carbocycles. The van der Waals surface area contributed by atoms with Crippen molar-refractivity contribution in [2.45, 2.75) is 52.1 Å². The molecule has 4 heteroatoms. The van der Waals surface area contributed by atoms with E-state index < -0.39 is 0 Å². The van der Waals surface area contributed by atoms with E-state index in [0.717, 1.165) is 11.5 Å². The Balaban J connectivity index is 1.76. The zero-order valence-corrected chi connectivity index (χ0v) is 11.9. The number of nitrogens with zero attached hydrogens (tertiary/aromatic N) is 3. The zero-order chi connectivity index (χ0) is 13.5. The molecule has 0 aliphatic heterocycles. The van der Waals surface area contributed by atoms with Crippen LogP contribution in [0.1, 0.15) is 51.9 Å². The summed E-state index contributed by atoms with van der Waals surface area (Å²) in [6.45, 7) is 6.88. The first-order chi connectivity index (χ1) is 9.05. The van der Waals surface area contributed by atoms with E-state index in [1.807, 2.05) is 24.4 Å². The van der Waals surface area contributed by atoms with Crippen LogP contribution in [0, 0.1) is 5.41 Å². The zero-order valence-electron chi connectivity index (χ0n) is 11.9. The van der Waals surface area contributed by atoms with Crippen LogP contribution in [0.4, 0.5) is 0 Å². The number of aromatic nitrogens is 3. The monoisotopic (exact) mass is 258 g/mol. The minimum atomic E-state index is 0.233. The molecule has 0 radical (unpaired) electrons. The van der Waals surface area contributed by atoms with Crippen LogP contribution in [0.15, 0.2) is 24.4 Å². The summed E-state index contributed by atoms with van der Waals surface area (Å²) in [7, 11) is 0. The summed E-state index contributed by atoms with van der Waals surface area (Å²) in [4.78, 5) is 0. The minimum Gasteiger partial charge on any atom is -0.305 e. The second-order valence-corrected chi connectivity index (χ2v) is 6.48. The molecule has 0 bridgehead atoms. The average molecular weight is 258 g/mol. The summed E-state index contributed by atoms with van der Waals surface area (Å²) in [5, 5.41) is 12.2. The van der Waals surface area contributed by atoms with E-state index in [4.69, 9.17) is 0 Å². The van der Waals surface area contributed by atoms with E-state index in [1.165, 1.54) is 19.3 Å². The fourth-order valence-corrected chi connectivity index (χ4v) is 3.16. The van der Waals surface area contributed by atoms with Gasteiger partial charge in [-0.15, -0.1) is 10.2 Å². The van der Waals surface area contributed by atoms with Crippen LogP contribution < -0.4 is 5.32 Å². The molecular formula is C15H22N4. The molecule has 1 aliphatic rings. The van der Waals surface area contributed by atoms with Gasteiger partial charge in [0.25, 0.3) is 0 Å². The Hall–Kier alpha value is -1.42. The average Bonchev–Trinajstić information content (AvgIpc) is 2.92. The van der Waals surface area contributed by atoms with Gasteiger partial charge >= 0.3 is 0 Å². The number of pyridine rings is 1. The van der Waals surface area contributed by atoms with Crippen LogP contribution in [-0.2, 0) is 0 Å². The van der Waals surface area contributed by atoms with E-state index in [9.17, 15) is 0 Å². The third-order valence-electron chi connectivity index (χ3n) is 4.18. The highest BCUT2D eigenvalue weighted by Crippen LogP contribution is 2.37. The molecule has 0 saturated heterocycles. The number of hydrogen-bond acceptors (Lipinski definition) is 3. The van der Waals surface area contributed by atoms with Crippen molar-refractivity contribution in [2.24, 2.45) is 5.41 Å². The van der Waals surface area contributed by atoms with Gasteiger partial charge in [-0.3, -0.25) is 4.40 Å². The molecule has 2 heterocycles. The Bertz CT molecular complexity index is 572. The first-order valence-corrected chi connectivity index (χ1v) is 7.11. The Kier molecular flexibility index (Phi) is 3.05. The van der Waals surface area contributed by atoms with Crippen molar-refractivity contribution in [3.05, 3.63) is 30.2 Å². The molecule has 2 aromatic heterocycles. The molecule has 2 unspecified atom stereocenters. The van der Waals surface area contributed by atoms with Gasteiger partial charge in [-0.25, -0.2) is 0 Å². The van der Waals surface area contributed by atoms with E-state index in [-0.39, 0.29) is 6.04 Å². The van der Waals surface area contributed by atoms with Gasteiger partial charge < -0.3 is 5.32 Å². The van der Waals surface area contributed by atoms with Gasteiger partial charge in [0, 0.05) is 12.2 Å². The highest BCUT2D eigenvalue weighted by Gasteiger charge is 2.32. The van der Waals surface area contributed by atoms with Gasteiger partial charge in [-0.05, 0) is 43.7 Å². The van der Waals surface area contributed by atoms with Crippen molar-refractivity contribution in [1.29, 1.82) is 0 Å². The Morgan fingerprint density at radius 2 is 2.21 bits per heavy atom. The van der Waals surface area contributed by atoms with Crippen LogP contribution in [0.3, 0.4) is 0 Å². The number of hydrogen-bond donors (Lipinski definition) is 1. The Labute approximate surface area is 114 Å². The smallest absolute Gasteiger partial charge is 0.160 e. The SMILES string of the molecule is CC(NC1CCC(C)(C)C1)c1nnc2ccccn12. The first kappa shape index (κ1) is 12.6. The van der Waals surface area contributed by atoms with Gasteiger partial charge in [0.2, 0.25) is 0 Å². The standard InChI is InChI=1S/C15H22N4/c1-11(16-12-7-8-15(2,3)10-12)14-18-17-13-6-4-5-9-19(13)14/h4-6,9,11-12,16H,7-8,10H2,1-3H3. The molecule has 0 amide bonds. The summed E-state index contributed by atoms with van der Waals surface area (Å²) in [6, 6.07) is 6.83. The normalized spacial score (nSPS) is 23.8. The van der Waals surface area contributed by atoms with Gasteiger partial charge in [0.15, 0.2) is 11.5 Å². The lowest BCUT2D eigenvalue weighted by atomic mass is 9.92. The molecule has 0 spiro atoms. The van der Waals surface area contributed by atoms with Crippen molar-refractivity contribution in [3.63, 3.8) is 0 Å². The van der Waals surface area contributed by atoms with Gasteiger partial charge in [-0.2, -0.15) is 0 Å². The third-order valence-corrected chi connectivity index (χ3v) is 4.18. The molecule has 102 valence electrons.